The Kier molecular flexibility index (Phi) is 3.30. The Hall–Kier alpha value is -1.75. The van der Waals surface area contributed by atoms with Crippen molar-refractivity contribution in [1.82, 2.24) is 4.90 Å². The molecule has 2 saturated heterocycles. The number of rotatable bonds is 4. The van der Waals surface area contributed by atoms with Crippen molar-refractivity contribution >= 4 is 5.97 Å². The molecule has 0 amide bonds. The molecule has 2 heterocycles. The van der Waals surface area contributed by atoms with Crippen molar-refractivity contribution in [2.45, 2.75) is 37.9 Å². The van der Waals surface area contributed by atoms with E-state index in [0.717, 1.165) is 24.8 Å². The van der Waals surface area contributed by atoms with Crippen molar-refractivity contribution in [3.05, 3.63) is 23.8 Å². The van der Waals surface area contributed by atoms with Crippen molar-refractivity contribution < 1.29 is 19.7 Å². The number of nitrogens with zero attached hydrogens (tertiary/aromatic N) is 1. The van der Waals surface area contributed by atoms with Crippen LogP contribution in [-0.2, 0) is 11.3 Å². The maximum Gasteiger partial charge on any atom is 0.308 e. The van der Waals surface area contributed by atoms with Crippen LogP contribution in [0.5, 0.6) is 11.5 Å². The van der Waals surface area contributed by atoms with Gasteiger partial charge in [-0.3, -0.25) is 9.69 Å². The smallest absolute Gasteiger partial charge is 0.308 e. The fraction of sp³-hybridized carbons (Fsp3) is 0.533. The number of phenols is 1. The molecule has 2 bridgehead atoms. The van der Waals surface area contributed by atoms with Gasteiger partial charge in [-0.15, -0.1) is 0 Å². The van der Waals surface area contributed by atoms with Gasteiger partial charge >= 0.3 is 5.97 Å². The van der Waals surface area contributed by atoms with Gasteiger partial charge in [0.05, 0.1) is 13.0 Å². The molecule has 0 spiro atoms. The third-order valence-corrected chi connectivity index (χ3v) is 4.65. The Morgan fingerprint density at radius 2 is 2.25 bits per heavy atom. The van der Waals surface area contributed by atoms with Gasteiger partial charge in [-0.2, -0.15) is 0 Å². The summed E-state index contributed by atoms with van der Waals surface area (Å²) in [6, 6.07) is 5.86. The van der Waals surface area contributed by atoms with Crippen LogP contribution in [0.15, 0.2) is 18.2 Å². The highest BCUT2D eigenvalue weighted by Crippen LogP contribution is 2.43. The van der Waals surface area contributed by atoms with Crippen LogP contribution < -0.4 is 4.74 Å². The summed E-state index contributed by atoms with van der Waals surface area (Å²) in [6.45, 7) is 0.585. The van der Waals surface area contributed by atoms with E-state index in [9.17, 15) is 15.0 Å². The normalized spacial score (nSPS) is 28.8. The van der Waals surface area contributed by atoms with Gasteiger partial charge in [0.1, 0.15) is 0 Å². The molecule has 2 fully saturated rings. The van der Waals surface area contributed by atoms with E-state index in [1.807, 2.05) is 12.1 Å². The van der Waals surface area contributed by atoms with Crippen molar-refractivity contribution in [3.8, 4) is 11.5 Å². The summed E-state index contributed by atoms with van der Waals surface area (Å²) < 4.78 is 5.12. The molecule has 5 nitrogen and oxygen atoms in total. The van der Waals surface area contributed by atoms with Crippen LogP contribution in [0.3, 0.4) is 0 Å². The summed E-state index contributed by atoms with van der Waals surface area (Å²) >= 11 is 0. The van der Waals surface area contributed by atoms with Crippen molar-refractivity contribution in [2.24, 2.45) is 5.92 Å². The standard InChI is InChI=1S/C15H19NO4/c1-20-13-4-2-3-9(14(13)17)8-16-10-5-6-12(16)11(7-10)15(18)19/h2-4,10-12,17H,5-8H2,1H3,(H,18,19). The number of aliphatic carboxylic acids is 1. The lowest BCUT2D eigenvalue weighted by Gasteiger charge is -2.23. The summed E-state index contributed by atoms with van der Waals surface area (Å²) in [5.41, 5.74) is 0.798. The first-order valence-electron chi connectivity index (χ1n) is 6.95. The topological polar surface area (TPSA) is 70.0 Å². The van der Waals surface area contributed by atoms with E-state index in [4.69, 9.17) is 4.74 Å². The van der Waals surface area contributed by atoms with Crippen LogP contribution in [-0.4, -0.2) is 40.3 Å². The number of hydrogen-bond acceptors (Lipinski definition) is 4. The number of phenolic OH excluding ortho intramolecular Hbond substituents is 1. The number of benzene rings is 1. The summed E-state index contributed by atoms with van der Waals surface area (Å²) in [5, 5.41) is 19.4. The summed E-state index contributed by atoms with van der Waals surface area (Å²) in [4.78, 5) is 13.5. The molecule has 1 aromatic rings. The number of carbonyl (C=O) groups is 1. The van der Waals surface area contributed by atoms with E-state index < -0.39 is 5.97 Å². The minimum absolute atomic E-state index is 0.100. The molecule has 5 heteroatoms. The molecule has 0 saturated carbocycles. The molecule has 2 aliphatic heterocycles. The first kappa shape index (κ1) is 13.2. The third-order valence-electron chi connectivity index (χ3n) is 4.65. The second-order valence-corrected chi connectivity index (χ2v) is 5.62. The summed E-state index contributed by atoms with van der Waals surface area (Å²) in [6.07, 6.45) is 2.72. The predicted octanol–water partition coefficient (Wildman–Crippen LogP) is 1.84. The average Bonchev–Trinajstić information content (AvgIpc) is 2.98. The van der Waals surface area contributed by atoms with Gasteiger partial charge < -0.3 is 14.9 Å². The van der Waals surface area contributed by atoms with E-state index in [1.165, 1.54) is 7.11 Å². The Labute approximate surface area is 117 Å². The minimum Gasteiger partial charge on any atom is -0.504 e. The molecule has 3 rings (SSSR count). The zero-order valence-electron chi connectivity index (χ0n) is 11.5. The largest absolute Gasteiger partial charge is 0.504 e. The molecule has 0 aliphatic carbocycles. The van der Waals surface area contributed by atoms with Crippen LogP contribution in [0.25, 0.3) is 0 Å². The summed E-state index contributed by atoms with van der Waals surface area (Å²) in [7, 11) is 1.53. The Morgan fingerprint density at radius 3 is 2.90 bits per heavy atom. The third kappa shape index (κ3) is 2.02. The van der Waals surface area contributed by atoms with Gasteiger partial charge in [-0.1, -0.05) is 12.1 Å². The van der Waals surface area contributed by atoms with Gasteiger partial charge in [-0.25, -0.2) is 0 Å². The number of carboxylic acid groups (broad SMARTS) is 1. The molecular weight excluding hydrogens is 258 g/mol. The Bertz CT molecular complexity index is 531. The van der Waals surface area contributed by atoms with E-state index in [-0.39, 0.29) is 17.7 Å². The van der Waals surface area contributed by atoms with Crippen LogP contribution in [0.4, 0.5) is 0 Å². The van der Waals surface area contributed by atoms with E-state index in [1.54, 1.807) is 6.07 Å². The van der Waals surface area contributed by atoms with E-state index in [2.05, 4.69) is 4.90 Å². The van der Waals surface area contributed by atoms with Crippen molar-refractivity contribution in [2.75, 3.05) is 7.11 Å². The SMILES string of the molecule is COc1cccc(CN2C3CCC2C(C(=O)O)C3)c1O. The number of hydrogen-bond donors (Lipinski definition) is 2. The lowest BCUT2D eigenvalue weighted by Crippen LogP contribution is -2.32. The van der Waals surface area contributed by atoms with Crippen molar-refractivity contribution in [3.63, 3.8) is 0 Å². The monoisotopic (exact) mass is 277 g/mol. The predicted molar refractivity (Wildman–Crippen MR) is 72.8 cm³/mol. The molecule has 0 aromatic heterocycles. The highest BCUT2D eigenvalue weighted by Gasteiger charge is 2.49. The Balaban J connectivity index is 1.81. The van der Waals surface area contributed by atoms with Crippen LogP contribution in [0.1, 0.15) is 24.8 Å². The molecular formula is C15H19NO4. The second-order valence-electron chi connectivity index (χ2n) is 5.62. The minimum atomic E-state index is -0.697. The van der Waals surface area contributed by atoms with Gasteiger partial charge in [0.15, 0.2) is 11.5 Å². The number of aromatic hydroxyl groups is 1. The lowest BCUT2D eigenvalue weighted by molar-refractivity contribution is -0.142. The number of carboxylic acids is 1. The number of fused-ring (bicyclic) bond motifs is 2. The molecule has 3 atom stereocenters. The highest BCUT2D eigenvalue weighted by atomic mass is 16.5. The molecule has 2 aliphatic rings. The van der Waals surface area contributed by atoms with Gasteiger partial charge in [0, 0.05) is 24.2 Å². The maximum absolute atomic E-state index is 11.3. The second kappa shape index (κ2) is 4.98. The fourth-order valence-electron chi connectivity index (χ4n) is 3.67. The highest BCUT2D eigenvalue weighted by molar-refractivity contribution is 5.71. The molecule has 1 aromatic carbocycles. The molecule has 108 valence electrons. The Morgan fingerprint density at radius 1 is 1.45 bits per heavy atom. The van der Waals surface area contributed by atoms with Gasteiger partial charge in [0.25, 0.3) is 0 Å². The molecule has 20 heavy (non-hydrogen) atoms. The van der Waals surface area contributed by atoms with Gasteiger partial charge in [-0.05, 0) is 25.3 Å². The van der Waals surface area contributed by atoms with Gasteiger partial charge in [0.2, 0.25) is 0 Å². The molecule has 0 radical (unpaired) electrons. The van der Waals surface area contributed by atoms with Crippen molar-refractivity contribution in [1.29, 1.82) is 0 Å². The molecule has 2 N–H and O–H groups in total. The number of para-hydroxylation sites is 1. The molecule has 3 unspecified atom stereocenters. The number of ether oxygens (including phenoxy) is 1. The average molecular weight is 277 g/mol. The van der Waals surface area contributed by atoms with E-state index >= 15 is 0 Å². The van der Waals surface area contributed by atoms with Crippen LogP contribution in [0.2, 0.25) is 0 Å². The first-order chi connectivity index (χ1) is 9.61. The van der Waals surface area contributed by atoms with E-state index in [0.29, 0.717) is 18.3 Å². The quantitative estimate of drug-likeness (QED) is 0.878. The first-order valence-corrected chi connectivity index (χ1v) is 6.95. The lowest BCUT2D eigenvalue weighted by atomic mass is 9.89. The maximum atomic E-state index is 11.3. The van der Waals surface area contributed by atoms with Crippen LogP contribution >= 0.6 is 0 Å². The zero-order chi connectivity index (χ0) is 14.3. The summed E-state index contributed by atoms with van der Waals surface area (Å²) in [5.74, 6) is -0.337. The van der Waals surface area contributed by atoms with Crippen LogP contribution in [0, 0.1) is 5.92 Å². The number of methoxy groups -OCH3 is 1. The zero-order valence-corrected chi connectivity index (χ0v) is 11.5. The fourth-order valence-corrected chi connectivity index (χ4v) is 3.67.